The Morgan fingerprint density at radius 3 is 2.59 bits per heavy atom. The zero-order chi connectivity index (χ0) is 15.9. The van der Waals surface area contributed by atoms with Gasteiger partial charge in [-0.2, -0.15) is 0 Å². The van der Waals surface area contributed by atoms with Crippen molar-refractivity contribution >= 4 is 5.91 Å². The Labute approximate surface area is 131 Å². The number of nitrogens with zero attached hydrogens (tertiary/aromatic N) is 1. The standard InChI is InChI=1S/C18H21NO3/c1-19(18(21)11-14-7-4-3-5-8-14)13-17(20)15-9-6-10-16(12-15)22-2/h3-10,12,17,20H,11,13H2,1-2H3. The summed E-state index contributed by atoms with van der Waals surface area (Å²) in [5.74, 6) is 0.669. The van der Waals surface area contributed by atoms with Gasteiger partial charge in [-0.25, -0.2) is 0 Å². The first-order chi connectivity index (χ1) is 10.6. The molecule has 1 N–H and O–H groups in total. The van der Waals surface area contributed by atoms with E-state index in [1.165, 1.54) is 0 Å². The van der Waals surface area contributed by atoms with Crippen LogP contribution in [-0.4, -0.2) is 36.6 Å². The second-order valence-electron chi connectivity index (χ2n) is 5.23. The van der Waals surface area contributed by atoms with Gasteiger partial charge in [-0.3, -0.25) is 4.79 Å². The molecule has 1 amide bonds. The molecular weight excluding hydrogens is 278 g/mol. The summed E-state index contributed by atoms with van der Waals surface area (Å²) in [6.45, 7) is 0.249. The Morgan fingerprint density at radius 2 is 1.91 bits per heavy atom. The number of hydrogen-bond donors (Lipinski definition) is 1. The topological polar surface area (TPSA) is 49.8 Å². The zero-order valence-electron chi connectivity index (χ0n) is 12.9. The predicted molar refractivity (Wildman–Crippen MR) is 85.7 cm³/mol. The SMILES string of the molecule is COc1cccc(C(O)CN(C)C(=O)Cc2ccccc2)c1. The molecule has 0 saturated carbocycles. The van der Waals surface area contributed by atoms with E-state index in [4.69, 9.17) is 4.74 Å². The van der Waals surface area contributed by atoms with Gasteiger partial charge in [-0.05, 0) is 23.3 Å². The second-order valence-corrected chi connectivity index (χ2v) is 5.23. The van der Waals surface area contributed by atoms with Crippen molar-refractivity contribution in [3.8, 4) is 5.75 Å². The molecule has 0 saturated heterocycles. The van der Waals surface area contributed by atoms with Crippen molar-refractivity contribution in [1.82, 2.24) is 4.90 Å². The normalized spacial score (nSPS) is 11.8. The van der Waals surface area contributed by atoms with Gasteiger partial charge in [-0.1, -0.05) is 42.5 Å². The molecule has 2 rings (SSSR count). The first-order valence-electron chi connectivity index (χ1n) is 7.20. The molecule has 116 valence electrons. The summed E-state index contributed by atoms with van der Waals surface area (Å²) >= 11 is 0. The number of methoxy groups -OCH3 is 1. The summed E-state index contributed by atoms with van der Waals surface area (Å²) in [4.78, 5) is 13.7. The fraction of sp³-hybridized carbons (Fsp3) is 0.278. The second kappa shape index (κ2) is 7.61. The number of benzene rings is 2. The quantitative estimate of drug-likeness (QED) is 0.891. The third-order valence-corrected chi connectivity index (χ3v) is 3.55. The molecule has 0 bridgehead atoms. The van der Waals surface area contributed by atoms with Crippen molar-refractivity contribution < 1.29 is 14.6 Å². The van der Waals surface area contributed by atoms with Crippen molar-refractivity contribution in [2.24, 2.45) is 0 Å². The largest absolute Gasteiger partial charge is 0.497 e. The molecule has 0 fully saturated rings. The number of carbonyl (C=O) groups excluding carboxylic acids is 1. The molecule has 0 aromatic heterocycles. The molecule has 1 atom stereocenters. The monoisotopic (exact) mass is 299 g/mol. The first kappa shape index (κ1) is 16.0. The third-order valence-electron chi connectivity index (χ3n) is 3.55. The molecule has 0 spiro atoms. The minimum Gasteiger partial charge on any atom is -0.497 e. The number of amides is 1. The Hall–Kier alpha value is -2.33. The Bertz CT molecular complexity index is 613. The fourth-order valence-corrected chi connectivity index (χ4v) is 2.22. The van der Waals surface area contributed by atoms with Gasteiger partial charge < -0.3 is 14.7 Å². The highest BCUT2D eigenvalue weighted by Gasteiger charge is 2.16. The number of ether oxygens (including phenoxy) is 1. The van der Waals surface area contributed by atoms with E-state index in [1.807, 2.05) is 48.5 Å². The van der Waals surface area contributed by atoms with Crippen LogP contribution in [0.4, 0.5) is 0 Å². The van der Waals surface area contributed by atoms with Gasteiger partial charge in [0.2, 0.25) is 5.91 Å². The Morgan fingerprint density at radius 1 is 1.18 bits per heavy atom. The van der Waals surface area contributed by atoms with E-state index in [1.54, 1.807) is 25.1 Å². The molecule has 22 heavy (non-hydrogen) atoms. The van der Waals surface area contributed by atoms with Gasteiger partial charge in [-0.15, -0.1) is 0 Å². The van der Waals surface area contributed by atoms with Gasteiger partial charge in [0, 0.05) is 7.05 Å². The van der Waals surface area contributed by atoms with Gasteiger partial charge >= 0.3 is 0 Å². The smallest absolute Gasteiger partial charge is 0.226 e. The molecule has 0 radical (unpaired) electrons. The lowest BCUT2D eigenvalue weighted by Crippen LogP contribution is -2.32. The van der Waals surface area contributed by atoms with Gasteiger partial charge in [0.1, 0.15) is 5.75 Å². The van der Waals surface area contributed by atoms with Crippen LogP contribution in [0.3, 0.4) is 0 Å². The lowest BCUT2D eigenvalue weighted by atomic mass is 10.1. The van der Waals surface area contributed by atoms with Crippen LogP contribution in [-0.2, 0) is 11.2 Å². The molecule has 2 aromatic carbocycles. The van der Waals surface area contributed by atoms with Crippen molar-refractivity contribution in [1.29, 1.82) is 0 Å². The zero-order valence-corrected chi connectivity index (χ0v) is 12.9. The van der Waals surface area contributed by atoms with E-state index in [0.29, 0.717) is 12.2 Å². The minimum absolute atomic E-state index is 0.0202. The third kappa shape index (κ3) is 4.33. The van der Waals surface area contributed by atoms with Crippen LogP contribution < -0.4 is 4.74 Å². The lowest BCUT2D eigenvalue weighted by Gasteiger charge is -2.21. The van der Waals surface area contributed by atoms with Crippen molar-refractivity contribution in [3.05, 3.63) is 65.7 Å². The van der Waals surface area contributed by atoms with Crippen LogP contribution in [0.15, 0.2) is 54.6 Å². The average molecular weight is 299 g/mol. The van der Waals surface area contributed by atoms with E-state index in [-0.39, 0.29) is 12.5 Å². The van der Waals surface area contributed by atoms with E-state index >= 15 is 0 Å². The van der Waals surface area contributed by atoms with Gasteiger partial charge in [0.15, 0.2) is 0 Å². The number of rotatable bonds is 6. The Balaban J connectivity index is 1.95. The maximum Gasteiger partial charge on any atom is 0.226 e. The minimum atomic E-state index is -0.736. The van der Waals surface area contributed by atoms with E-state index in [9.17, 15) is 9.90 Å². The predicted octanol–water partition coefficient (Wildman–Crippen LogP) is 2.43. The van der Waals surface area contributed by atoms with Crippen molar-refractivity contribution in [2.75, 3.05) is 20.7 Å². The summed E-state index contributed by atoms with van der Waals surface area (Å²) in [5, 5.41) is 10.3. The summed E-state index contributed by atoms with van der Waals surface area (Å²) in [5.41, 5.74) is 1.70. The maximum absolute atomic E-state index is 12.2. The highest BCUT2D eigenvalue weighted by molar-refractivity contribution is 5.78. The first-order valence-corrected chi connectivity index (χ1v) is 7.20. The van der Waals surface area contributed by atoms with E-state index < -0.39 is 6.10 Å². The molecule has 4 heteroatoms. The molecular formula is C18H21NO3. The van der Waals surface area contributed by atoms with Crippen LogP contribution in [0, 0.1) is 0 Å². The van der Waals surface area contributed by atoms with E-state index in [0.717, 1.165) is 11.1 Å². The van der Waals surface area contributed by atoms with Crippen LogP contribution in [0.2, 0.25) is 0 Å². The summed E-state index contributed by atoms with van der Waals surface area (Å²) in [7, 11) is 3.29. The van der Waals surface area contributed by atoms with Crippen LogP contribution in [0.25, 0.3) is 0 Å². The summed E-state index contributed by atoms with van der Waals surface area (Å²) in [6.07, 6.45) is -0.401. The van der Waals surface area contributed by atoms with Crippen LogP contribution in [0.5, 0.6) is 5.75 Å². The number of aliphatic hydroxyl groups excluding tert-OH is 1. The molecule has 1 unspecified atom stereocenters. The molecule has 0 aliphatic carbocycles. The maximum atomic E-state index is 12.2. The number of likely N-dealkylation sites (N-methyl/N-ethyl adjacent to an activating group) is 1. The van der Waals surface area contributed by atoms with Crippen molar-refractivity contribution in [3.63, 3.8) is 0 Å². The highest BCUT2D eigenvalue weighted by atomic mass is 16.5. The van der Waals surface area contributed by atoms with Gasteiger partial charge in [0.05, 0.1) is 26.2 Å². The fourth-order valence-electron chi connectivity index (χ4n) is 2.22. The lowest BCUT2D eigenvalue weighted by molar-refractivity contribution is -0.130. The summed E-state index contributed by atoms with van der Waals surface area (Å²) in [6, 6.07) is 16.8. The van der Waals surface area contributed by atoms with Crippen LogP contribution >= 0.6 is 0 Å². The molecule has 2 aromatic rings. The molecule has 4 nitrogen and oxygen atoms in total. The van der Waals surface area contributed by atoms with E-state index in [2.05, 4.69) is 0 Å². The van der Waals surface area contributed by atoms with Crippen molar-refractivity contribution in [2.45, 2.75) is 12.5 Å². The molecule has 0 heterocycles. The van der Waals surface area contributed by atoms with Crippen LogP contribution in [0.1, 0.15) is 17.2 Å². The summed E-state index contributed by atoms with van der Waals surface area (Å²) < 4.78 is 5.14. The molecule has 0 aliphatic rings. The number of hydrogen-bond acceptors (Lipinski definition) is 3. The molecule has 0 aliphatic heterocycles. The number of carbonyl (C=O) groups is 1. The number of aliphatic hydroxyl groups is 1. The van der Waals surface area contributed by atoms with Gasteiger partial charge in [0.25, 0.3) is 0 Å². The highest BCUT2D eigenvalue weighted by Crippen LogP contribution is 2.19. The average Bonchev–Trinajstić information content (AvgIpc) is 2.55. The Kier molecular flexibility index (Phi) is 5.55.